The summed E-state index contributed by atoms with van der Waals surface area (Å²) in [5.74, 6) is 0.431. The van der Waals surface area contributed by atoms with Gasteiger partial charge in [0.1, 0.15) is 0 Å². The van der Waals surface area contributed by atoms with Crippen molar-refractivity contribution in [1.82, 2.24) is 18.9 Å². The molecule has 0 saturated heterocycles. The molecule has 6 nitrogen and oxygen atoms in total. The highest BCUT2D eigenvalue weighted by molar-refractivity contribution is 7.98. The molecule has 0 saturated carbocycles. The van der Waals surface area contributed by atoms with Crippen molar-refractivity contribution in [3.63, 3.8) is 0 Å². The van der Waals surface area contributed by atoms with E-state index in [9.17, 15) is 9.59 Å². The van der Waals surface area contributed by atoms with Gasteiger partial charge >= 0.3 is 0 Å². The third kappa shape index (κ3) is 3.34. The first-order chi connectivity index (χ1) is 14.6. The molecular formula is C22H16N4O2S2. The van der Waals surface area contributed by atoms with Crippen molar-refractivity contribution in [2.24, 2.45) is 0 Å². The quantitative estimate of drug-likeness (QED) is 0.316. The number of benzene rings is 2. The van der Waals surface area contributed by atoms with Crippen LogP contribution in [0.4, 0.5) is 0 Å². The van der Waals surface area contributed by atoms with Gasteiger partial charge in [0.15, 0.2) is 10.1 Å². The monoisotopic (exact) mass is 432 g/mol. The van der Waals surface area contributed by atoms with Crippen LogP contribution in [0.5, 0.6) is 0 Å². The van der Waals surface area contributed by atoms with Gasteiger partial charge in [-0.2, -0.15) is 0 Å². The van der Waals surface area contributed by atoms with E-state index >= 15 is 0 Å². The number of para-hydroxylation sites is 1. The van der Waals surface area contributed by atoms with Crippen LogP contribution in [0.3, 0.4) is 0 Å². The summed E-state index contributed by atoms with van der Waals surface area (Å²) in [7, 11) is 0. The minimum Gasteiger partial charge on any atom is -0.269 e. The van der Waals surface area contributed by atoms with Gasteiger partial charge in [-0.25, -0.2) is 9.97 Å². The van der Waals surface area contributed by atoms with E-state index in [2.05, 4.69) is 4.98 Å². The van der Waals surface area contributed by atoms with Crippen molar-refractivity contribution < 1.29 is 0 Å². The van der Waals surface area contributed by atoms with E-state index < -0.39 is 0 Å². The maximum absolute atomic E-state index is 13.3. The number of thioether (sulfide) groups is 1. The van der Waals surface area contributed by atoms with Gasteiger partial charge in [-0.3, -0.25) is 18.6 Å². The SMILES string of the molecule is Cc1ccc(-n2c(SCc3cc(=O)n4ccsc4n3)nc3ccccc3c2=O)cc1. The van der Waals surface area contributed by atoms with E-state index in [4.69, 9.17) is 4.98 Å². The summed E-state index contributed by atoms with van der Waals surface area (Å²) in [4.78, 5) is 35.5. The van der Waals surface area contributed by atoms with E-state index in [-0.39, 0.29) is 11.1 Å². The average molecular weight is 433 g/mol. The molecule has 5 rings (SSSR count). The van der Waals surface area contributed by atoms with Crippen molar-refractivity contribution in [3.05, 3.63) is 98.1 Å². The Balaban J connectivity index is 1.61. The van der Waals surface area contributed by atoms with E-state index in [1.807, 2.05) is 54.8 Å². The second kappa shape index (κ2) is 7.55. The van der Waals surface area contributed by atoms with E-state index in [1.54, 1.807) is 16.8 Å². The Hall–Kier alpha value is -3.23. The molecule has 148 valence electrons. The average Bonchev–Trinajstić information content (AvgIpc) is 3.23. The van der Waals surface area contributed by atoms with Gasteiger partial charge in [-0.15, -0.1) is 11.3 Å². The van der Waals surface area contributed by atoms with Gasteiger partial charge < -0.3 is 0 Å². The number of nitrogens with zero attached hydrogens (tertiary/aromatic N) is 4. The van der Waals surface area contributed by atoms with Crippen LogP contribution in [0.25, 0.3) is 21.6 Å². The highest BCUT2D eigenvalue weighted by Crippen LogP contribution is 2.24. The predicted molar refractivity (Wildman–Crippen MR) is 121 cm³/mol. The summed E-state index contributed by atoms with van der Waals surface area (Å²) in [6.45, 7) is 2.01. The highest BCUT2D eigenvalue weighted by Gasteiger charge is 2.14. The molecule has 0 radical (unpaired) electrons. The maximum atomic E-state index is 13.3. The van der Waals surface area contributed by atoms with Crippen molar-refractivity contribution in [3.8, 4) is 5.69 Å². The molecule has 8 heteroatoms. The summed E-state index contributed by atoms with van der Waals surface area (Å²) >= 11 is 2.81. The lowest BCUT2D eigenvalue weighted by Gasteiger charge is -2.13. The molecular weight excluding hydrogens is 416 g/mol. The first-order valence-electron chi connectivity index (χ1n) is 9.27. The van der Waals surface area contributed by atoms with Gasteiger partial charge in [-0.05, 0) is 31.2 Å². The van der Waals surface area contributed by atoms with E-state index in [0.717, 1.165) is 11.3 Å². The molecule has 0 N–H and O–H groups in total. The number of aryl methyl sites for hydroxylation is 1. The molecule has 0 aliphatic rings. The third-order valence-corrected chi connectivity index (χ3v) is 6.47. The number of fused-ring (bicyclic) bond motifs is 2. The van der Waals surface area contributed by atoms with Crippen LogP contribution in [0.2, 0.25) is 0 Å². The molecule has 0 fully saturated rings. The molecule has 3 heterocycles. The van der Waals surface area contributed by atoms with Crippen LogP contribution in [-0.4, -0.2) is 18.9 Å². The Bertz CT molecular complexity index is 1500. The summed E-state index contributed by atoms with van der Waals surface area (Å²) < 4.78 is 3.15. The lowest BCUT2D eigenvalue weighted by Crippen LogP contribution is -2.21. The van der Waals surface area contributed by atoms with E-state index in [0.29, 0.717) is 32.5 Å². The van der Waals surface area contributed by atoms with Crippen molar-refractivity contribution in [1.29, 1.82) is 0 Å². The van der Waals surface area contributed by atoms with Gasteiger partial charge in [-0.1, -0.05) is 41.6 Å². The largest absolute Gasteiger partial charge is 0.269 e. The summed E-state index contributed by atoms with van der Waals surface area (Å²) in [5, 5.41) is 2.97. The van der Waals surface area contributed by atoms with Crippen LogP contribution in [-0.2, 0) is 5.75 Å². The molecule has 5 aromatic rings. The summed E-state index contributed by atoms with van der Waals surface area (Å²) in [6.07, 6.45) is 1.71. The third-order valence-electron chi connectivity index (χ3n) is 4.74. The van der Waals surface area contributed by atoms with Crippen LogP contribution in [0, 0.1) is 6.92 Å². The van der Waals surface area contributed by atoms with Gasteiger partial charge in [0, 0.05) is 23.4 Å². The number of hydrogen-bond acceptors (Lipinski definition) is 6. The van der Waals surface area contributed by atoms with Crippen molar-refractivity contribution in [2.75, 3.05) is 0 Å². The number of thiazole rings is 1. The second-order valence-electron chi connectivity index (χ2n) is 6.82. The fraction of sp³-hybridized carbons (Fsp3) is 0.0909. The molecule has 3 aromatic heterocycles. The van der Waals surface area contributed by atoms with Gasteiger partial charge in [0.25, 0.3) is 11.1 Å². The molecule has 0 bridgehead atoms. The fourth-order valence-corrected chi connectivity index (χ4v) is 4.87. The molecule has 0 aliphatic carbocycles. The van der Waals surface area contributed by atoms with Gasteiger partial charge in [0.2, 0.25) is 0 Å². The molecule has 0 atom stereocenters. The Labute approximate surface area is 179 Å². The maximum Gasteiger partial charge on any atom is 0.266 e. The molecule has 30 heavy (non-hydrogen) atoms. The molecule has 0 amide bonds. The minimum absolute atomic E-state index is 0.112. The lowest BCUT2D eigenvalue weighted by atomic mass is 10.2. The molecule has 0 spiro atoms. The number of rotatable bonds is 4. The fourth-order valence-electron chi connectivity index (χ4n) is 3.23. The minimum atomic E-state index is -0.117. The molecule has 0 aliphatic heterocycles. The first kappa shape index (κ1) is 18.8. The topological polar surface area (TPSA) is 69.3 Å². The first-order valence-corrected chi connectivity index (χ1v) is 11.1. The van der Waals surface area contributed by atoms with Crippen LogP contribution >= 0.6 is 23.1 Å². The Morgan fingerprint density at radius 1 is 1.03 bits per heavy atom. The number of hydrogen-bond donors (Lipinski definition) is 0. The zero-order chi connectivity index (χ0) is 20.7. The van der Waals surface area contributed by atoms with Crippen LogP contribution in [0.15, 0.2) is 80.9 Å². The molecule has 2 aromatic carbocycles. The summed E-state index contributed by atoms with van der Waals surface area (Å²) in [5.41, 5.74) is 2.95. The zero-order valence-corrected chi connectivity index (χ0v) is 17.6. The highest BCUT2D eigenvalue weighted by atomic mass is 32.2. The van der Waals surface area contributed by atoms with E-state index in [1.165, 1.54) is 33.6 Å². The Morgan fingerprint density at radius 3 is 2.67 bits per heavy atom. The normalized spacial score (nSPS) is 11.4. The lowest BCUT2D eigenvalue weighted by molar-refractivity contribution is 0.819. The zero-order valence-electron chi connectivity index (χ0n) is 16.0. The van der Waals surface area contributed by atoms with Crippen molar-refractivity contribution in [2.45, 2.75) is 17.8 Å². The Kier molecular flexibility index (Phi) is 4.72. The second-order valence-corrected chi connectivity index (χ2v) is 8.63. The smallest absolute Gasteiger partial charge is 0.266 e. The predicted octanol–water partition coefficient (Wildman–Crippen LogP) is 4.06. The van der Waals surface area contributed by atoms with Gasteiger partial charge in [0.05, 0.1) is 22.3 Å². The molecule has 0 unspecified atom stereocenters. The number of aromatic nitrogens is 4. The van der Waals surface area contributed by atoms with Crippen LogP contribution < -0.4 is 11.1 Å². The van der Waals surface area contributed by atoms with Crippen molar-refractivity contribution >= 4 is 39.0 Å². The Morgan fingerprint density at radius 2 is 1.83 bits per heavy atom. The van der Waals surface area contributed by atoms with Crippen LogP contribution in [0.1, 0.15) is 11.3 Å². The summed E-state index contributed by atoms with van der Waals surface area (Å²) in [6, 6.07) is 16.6. The standard InChI is InChI=1S/C22H16N4O2S2/c1-14-6-8-16(9-7-14)26-20(28)17-4-2-3-5-18(17)24-22(26)30-13-15-12-19(27)25-10-11-29-21(25)23-15/h2-12H,13H2,1H3.